The van der Waals surface area contributed by atoms with Crippen molar-refractivity contribution in [2.24, 2.45) is 0 Å². The molecule has 0 unspecified atom stereocenters. The molecule has 0 aliphatic rings. The molecule has 0 atom stereocenters. The normalized spacial score (nSPS) is 12.0. The first-order valence-electron chi connectivity index (χ1n) is 9.87. The summed E-state index contributed by atoms with van der Waals surface area (Å²) < 4.78 is 28.5. The maximum Gasteiger partial charge on any atom is 0.261 e. The molecular weight excluding hydrogens is 454 g/mol. The van der Waals surface area contributed by atoms with E-state index in [1.165, 1.54) is 33.2 Å². The van der Waals surface area contributed by atoms with E-state index >= 15 is 0 Å². The van der Waals surface area contributed by atoms with Crippen LogP contribution in [0.25, 0.3) is 16.6 Å². The monoisotopic (exact) mass is 473 g/mol. The van der Waals surface area contributed by atoms with E-state index in [0.29, 0.717) is 10.9 Å². The molecule has 1 amide bonds. The Labute approximate surface area is 188 Å². The molecule has 2 aromatic carbocycles. The second kappa shape index (κ2) is 8.38. The summed E-state index contributed by atoms with van der Waals surface area (Å²) in [6, 6.07) is 11.2. The summed E-state index contributed by atoms with van der Waals surface area (Å²) in [6.07, 6.45) is 1.34. The topological polar surface area (TPSA) is 117 Å². The number of aromatic nitrogens is 3. The van der Waals surface area contributed by atoms with Gasteiger partial charge in [0, 0.05) is 18.8 Å². The van der Waals surface area contributed by atoms with Crippen LogP contribution < -0.4 is 10.9 Å². The second-order valence-corrected chi connectivity index (χ2v) is 9.29. The lowest BCUT2D eigenvalue weighted by atomic mass is 10.2. The summed E-state index contributed by atoms with van der Waals surface area (Å²) in [5, 5.41) is 7.39. The van der Waals surface area contributed by atoms with Crippen molar-refractivity contribution in [1.29, 1.82) is 0 Å². The van der Waals surface area contributed by atoms with E-state index in [1.807, 2.05) is 0 Å². The van der Waals surface area contributed by atoms with Crippen LogP contribution in [0.4, 0.5) is 5.69 Å². The fraction of sp³-hybridized carbons (Fsp3) is 0.190. The number of H-pyrrole nitrogens is 1. The molecule has 2 heterocycles. The molecule has 2 N–H and O–H groups in total. The van der Waals surface area contributed by atoms with Crippen LogP contribution in [0.5, 0.6) is 0 Å². The largest absolute Gasteiger partial charge is 0.322 e. The van der Waals surface area contributed by atoms with Crippen molar-refractivity contribution in [1.82, 2.24) is 18.9 Å². The summed E-state index contributed by atoms with van der Waals surface area (Å²) in [5.41, 5.74) is 0.825. The first-order chi connectivity index (χ1) is 15.3. The van der Waals surface area contributed by atoms with Crippen LogP contribution >= 0.6 is 11.6 Å². The Bertz CT molecular complexity index is 1510. The molecule has 4 rings (SSSR count). The highest BCUT2D eigenvalue weighted by Gasteiger charge is 2.25. The summed E-state index contributed by atoms with van der Waals surface area (Å²) in [7, 11) is -3.82. The minimum atomic E-state index is -3.82. The van der Waals surface area contributed by atoms with Crippen LogP contribution in [0.2, 0.25) is 5.02 Å². The molecule has 4 aromatic rings. The van der Waals surface area contributed by atoms with E-state index in [1.54, 1.807) is 38.1 Å². The van der Waals surface area contributed by atoms with Crippen LogP contribution in [0, 0.1) is 0 Å². The van der Waals surface area contributed by atoms with Crippen molar-refractivity contribution >= 4 is 49.8 Å². The highest BCUT2D eigenvalue weighted by Crippen LogP contribution is 2.28. The molecule has 9 nitrogen and oxygen atoms in total. The predicted molar refractivity (Wildman–Crippen MR) is 123 cm³/mol. The zero-order chi connectivity index (χ0) is 23.0. The number of carbonyl (C=O) groups is 1. The number of hydrogen-bond acceptors (Lipinski definition) is 5. The summed E-state index contributed by atoms with van der Waals surface area (Å²) in [4.78, 5) is 28.0. The Hall–Kier alpha value is -3.21. The third-order valence-electron chi connectivity index (χ3n) is 5.13. The molecule has 0 saturated heterocycles. The first kappa shape index (κ1) is 22.0. The smallest absolute Gasteiger partial charge is 0.261 e. The number of benzene rings is 2. The summed E-state index contributed by atoms with van der Waals surface area (Å²) in [5.74, 6) is -0.556. The fourth-order valence-electron chi connectivity index (χ4n) is 3.52. The van der Waals surface area contributed by atoms with Gasteiger partial charge in [-0.2, -0.15) is 9.40 Å². The molecule has 0 radical (unpaired) electrons. The molecule has 0 aliphatic heterocycles. The zero-order valence-electron chi connectivity index (χ0n) is 17.3. The van der Waals surface area contributed by atoms with Gasteiger partial charge in [0.15, 0.2) is 0 Å². The Morgan fingerprint density at radius 3 is 2.62 bits per heavy atom. The number of sulfonamides is 1. The van der Waals surface area contributed by atoms with Gasteiger partial charge < -0.3 is 10.3 Å². The Kier molecular flexibility index (Phi) is 5.76. The van der Waals surface area contributed by atoms with E-state index in [4.69, 9.17) is 11.6 Å². The van der Waals surface area contributed by atoms with E-state index in [0.717, 1.165) is 0 Å². The van der Waals surface area contributed by atoms with Crippen LogP contribution in [-0.2, 0) is 10.0 Å². The van der Waals surface area contributed by atoms with Gasteiger partial charge in [0.1, 0.15) is 16.1 Å². The lowest BCUT2D eigenvalue weighted by molar-refractivity contribution is 0.102. The highest BCUT2D eigenvalue weighted by atomic mass is 35.5. The second-order valence-electron chi connectivity index (χ2n) is 6.98. The van der Waals surface area contributed by atoms with Gasteiger partial charge in [0.25, 0.3) is 11.5 Å². The van der Waals surface area contributed by atoms with Gasteiger partial charge in [-0.15, -0.1) is 0 Å². The Morgan fingerprint density at radius 1 is 1.19 bits per heavy atom. The number of rotatable bonds is 6. The number of nitrogens with zero attached hydrogens (tertiary/aromatic N) is 3. The molecule has 0 spiro atoms. The molecule has 11 heteroatoms. The molecule has 166 valence electrons. The van der Waals surface area contributed by atoms with Crippen molar-refractivity contribution in [3.05, 3.63) is 69.6 Å². The molecule has 0 saturated carbocycles. The fourth-order valence-corrected chi connectivity index (χ4v) is 5.48. The Morgan fingerprint density at radius 2 is 1.91 bits per heavy atom. The third-order valence-corrected chi connectivity index (χ3v) is 7.67. The molecular formula is C21H20ClN5O4S. The molecule has 32 heavy (non-hydrogen) atoms. The lowest BCUT2D eigenvalue weighted by Gasteiger charge is -2.19. The van der Waals surface area contributed by atoms with Gasteiger partial charge in [0.2, 0.25) is 10.0 Å². The summed E-state index contributed by atoms with van der Waals surface area (Å²) >= 11 is 6.15. The van der Waals surface area contributed by atoms with Crippen molar-refractivity contribution in [3.8, 4) is 0 Å². The van der Waals surface area contributed by atoms with E-state index in [-0.39, 0.29) is 45.5 Å². The third kappa shape index (κ3) is 3.66. The number of carbonyl (C=O) groups excluding carboxylic acids is 1. The van der Waals surface area contributed by atoms with Gasteiger partial charge in [-0.3, -0.25) is 9.59 Å². The molecule has 0 fully saturated rings. The Balaban J connectivity index is 1.73. The number of aromatic amines is 1. The van der Waals surface area contributed by atoms with E-state index < -0.39 is 15.9 Å². The number of hydrogen-bond donors (Lipinski definition) is 2. The molecule has 0 bridgehead atoms. The van der Waals surface area contributed by atoms with Gasteiger partial charge in [0.05, 0.1) is 22.1 Å². The van der Waals surface area contributed by atoms with Gasteiger partial charge in [-0.25, -0.2) is 12.9 Å². The number of nitrogens with one attached hydrogen (secondary N) is 2. The van der Waals surface area contributed by atoms with E-state index in [2.05, 4.69) is 15.4 Å². The predicted octanol–water partition coefficient (Wildman–Crippen LogP) is 3.11. The van der Waals surface area contributed by atoms with Gasteiger partial charge in [-0.05, 0) is 30.3 Å². The minimum absolute atomic E-state index is 0.0571. The SMILES string of the molecule is CCN(CC)S(=O)(=O)c1cc(NC(=O)c2cnn3c2[nH]c(=O)c2ccccc23)ccc1Cl. The number of fused-ring (bicyclic) bond motifs is 3. The first-order valence-corrected chi connectivity index (χ1v) is 11.7. The number of anilines is 1. The summed E-state index contributed by atoms with van der Waals surface area (Å²) in [6.45, 7) is 4.04. The number of amides is 1. The van der Waals surface area contributed by atoms with Crippen LogP contribution in [0.3, 0.4) is 0 Å². The molecule has 2 aromatic heterocycles. The number of para-hydroxylation sites is 1. The highest BCUT2D eigenvalue weighted by molar-refractivity contribution is 7.89. The van der Waals surface area contributed by atoms with Gasteiger partial charge in [-0.1, -0.05) is 37.6 Å². The average molecular weight is 474 g/mol. The van der Waals surface area contributed by atoms with Crippen LogP contribution in [-0.4, -0.2) is 46.3 Å². The van der Waals surface area contributed by atoms with Crippen LogP contribution in [0.15, 0.2) is 58.4 Å². The minimum Gasteiger partial charge on any atom is -0.322 e. The lowest BCUT2D eigenvalue weighted by Crippen LogP contribution is -2.30. The molecule has 0 aliphatic carbocycles. The van der Waals surface area contributed by atoms with Crippen molar-refractivity contribution in [2.75, 3.05) is 18.4 Å². The van der Waals surface area contributed by atoms with Crippen molar-refractivity contribution in [3.63, 3.8) is 0 Å². The average Bonchev–Trinajstić information content (AvgIpc) is 3.20. The standard InChI is InChI=1S/C21H20ClN5O4S/c1-3-26(4-2)32(30,31)18-11-13(9-10-16(18)22)24-21(29)15-12-23-27-17-8-6-5-7-14(17)20(28)25-19(15)27/h5-12H,3-4H2,1-2H3,(H,24,29)(H,25,28). The van der Waals surface area contributed by atoms with Gasteiger partial charge >= 0.3 is 0 Å². The van der Waals surface area contributed by atoms with Crippen LogP contribution in [0.1, 0.15) is 24.2 Å². The van der Waals surface area contributed by atoms with E-state index in [9.17, 15) is 18.0 Å². The maximum atomic E-state index is 12.9. The number of halogens is 1. The van der Waals surface area contributed by atoms with Crippen molar-refractivity contribution < 1.29 is 13.2 Å². The quantitative estimate of drug-likeness (QED) is 0.446. The van der Waals surface area contributed by atoms with Crippen molar-refractivity contribution in [2.45, 2.75) is 18.7 Å². The zero-order valence-corrected chi connectivity index (χ0v) is 18.9. The maximum absolute atomic E-state index is 12.9.